The van der Waals surface area contributed by atoms with Crippen LogP contribution in [0.3, 0.4) is 0 Å². The van der Waals surface area contributed by atoms with Gasteiger partial charge in [-0.25, -0.2) is 0 Å². The van der Waals surface area contributed by atoms with Crippen molar-refractivity contribution in [1.29, 1.82) is 0 Å². The molecule has 1 fully saturated rings. The molecular formula is C16H32N2. The summed E-state index contributed by atoms with van der Waals surface area (Å²) in [6.07, 6.45) is 8.17. The molecule has 1 aliphatic rings. The zero-order valence-corrected chi connectivity index (χ0v) is 12.7. The van der Waals surface area contributed by atoms with Gasteiger partial charge in [0, 0.05) is 19.1 Å². The molecule has 0 unspecified atom stereocenters. The highest BCUT2D eigenvalue weighted by Crippen LogP contribution is 2.29. The zero-order valence-electron chi connectivity index (χ0n) is 12.7. The smallest absolute Gasteiger partial charge is 0.0202 e. The van der Waals surface area contributed by atoms with Crippen LogP contribution in [0.2, 0.25) is 0 Å². The number of likely N-dealkylation sites (N-methyl/N-ethyl adjacent to an activating group) is 1. The lowest BCUT2D eigenvalue weighted by Crippen LogP contribution is -2.37. The van der Waals surface area contributed by atoms with Crippen molar-refractivity contribution in [1.82, 2.24) is 10.2 Å². The molecule has 1 rings (SSSR count). The molecule has 2 nitrogen and oxygen atoms in total. The number of nitrogens with zero attached hydrogens (tertiary/aromatic N) is 1. The third kappa shape index (κ3) is 5.53. The lowest BCUT2D eigenvalue weighted by atomic mass is 9.84. The van der Waals surface area contributed by atoms with Crippen molar-refractivity contribution in [3.63, 3.8) is 0 Å². The maximum Gasteiger partial charge on any atom is 0.0202 e. The highest BCUT2D eigenvalue weighted by atomic mass is 15.1. The van der Waals surface area contributed by atoms with Crippen molar-refractivity contribution >= 4 is 0 Å². The Hall–Kier alpha value is -0.340. The van der Waals surface area contributed by atoms with Crippen LogP contribution in [0.4, 0.5) is 0 Å². The SMILES string of the molecule is C=C(CNCCC)CN(C)C1CCC(CC)CC1. The second-order valence-corrected chi connectivity index (χ2v) is 5.92. The normalized spacial score (nSPS) is 24.4. The Balaban J connectivity index is 2.20. The minimum Gasteiger partial charge on any atom is -0.313 e. The van der Waals surface area contributed by atoms with Gasteiger partial charge in [0.15, 0.2) is 0 Å². The average molecular weight is 252 g/mol. The van der Waals surface area contributed by atoms with Crippen LogP contribution in [0.15, 0.2) is 12.2 Å². The maximum absolute atomic E-state index is 4.19. The molecule has 0 spiro atoms. The Labute approximate surface area is 114 Å². The minimum atomic E-state index is 0.788. The summed E-state index contributed by atoms with van der Waals surface area (Å²) >= 11 is 0. The van der Waals surface area contributed by atoms with Gasteiger partial charge in [-0.2, -0.15) is 0 Å². The van der Waals surface area contributed by atoms with E-state index in [9.17, 15) is 0 Å². The van der Waals surface area contributed by atoms with Crippen molar-refractivity contribution < 1.29 is 0 Å². The summed E-state index contributed by atoms with van der Waals surface area (Å²) in [4.78, 5) is 2.52. The number of hydrogen-bond donors (Lipinski definition) is 1. The van der Waals surface area contributed by atoms with Crippen LogP contribution in [-0.2, 0) is 0 Å². The van der Waals surface area contributed by atoms with E-state index in [0.717, 1.165) is 31.6 Å². The molecule has 1 saturated carbocycles. The average Bonchev–Trinajstić information content (AvgIpc) is 2.39. The molecule has 1 N–H and O–H groups in total. The van der Waals surface area contributed by atoms with E-state index in [1.165, 1.54) is 44.1 Å². The summed E-state index contributed by atoms with van der Waals surface area (Å²) in [5.74, 6) is 0.990. The standard InChI is InChI=1S/C16H32N2/c1-5-11-17-12-14(3)13-18(4)16-9-7-15(6-2)8-10-16/h15-17H,3,5-13H2,1-2,4H3. The Morgan fingerprint density at radius 3 is 2.44 bits per heavy atom. The molecular weight excluding hydrogens is 220 g/mol. The molecule has 0 aliphatic heterocycles. The molecule has 106 valence electrons. The van der Waals surface area contributed by atoms with E-state index in [4.69, 9.17) is 0 Å². The monoisotopic (exact) mass is 252 g/mol. The molecule has 0 radical (unpaired) electrons. The molecule has 1 aliphatic carbocycles. The van der Waals surface area contributed by atoms with Gasteiger partial charge in [-0.1, -0.05) is 26.8 Å². The first-order valence-electron chi connectivity index (χ1n) is 7.74. The van der Waals surface area contributed by atoms with Gasteiger partial charge in [-0.3, -0.25) is 4.90 Å². The van der Waals surface area contributed by atoms with E-state index in [1.54, 1.807) is 0 Å². The van der Waals surface area contributed by atoms with Crippen LogP contribution < -0.4 is 5.32 Å². The van der Waals surface area contributed by atoms with Gasteiger partial charge in [-0.05, 0) is 57.2 Å². The first-order chi connectivity index (χ1) is 8.67. The van der Waals surface area contributed by atoms with Gasteiger partial charge >= 0.3 is 0 Å². The summed E-state index contributed by atoms with van der Waals surface area (Å²) in [5, 5.41) is 3.43. The first-order valence-corrected chi connectivity index (χ1v) is 7.74. The molecule has 0 aromatic rings. The molecule has 0 atom stereocenters. The van der Waals surface area contributed by atoms with E-state index in [0.29, 0.717) is 0 Å². The Kier molecular flexibility index (Phi) is 7.60. The molecule has 0 aromatic carbocycles. The van der Waals surface area contributed by atoms with Crippen molar-refractivity contribution in [3.05, 3.63) is 12.2 Å². The molecule has 0 heterocycles. The van der Waals surface area contributed by atoms with Crippen LogP contribution in [0.1, 0.15) is 52.4 Å². The molecule has 2 heteroatoms. The minimum absolute atomic E-state index is 0.788. The summed E-state index contributed by atoms with van der Waals surface area (Å²) < 4.78 is 0. The van der Waals surface area contributed by atoms with Gasteiger partial charge in [0.1, 0.15) is 0 Å². The zero-order chi connectivity index (χ0) is 13.4. The van der Waals surface area contributed by atoms with E-state index >= 15 is 0 Å². The van der Waals surface area contributed by atoms with Crippen molar-refractivity contribution in [2.45, 2.75) is 58.4 Å². The van der Waals surface area contributed by atoms with Crippen molar-refractivity contribution in [2.75, 3.05) is 26.7 Å². The fraction of sp³-hybridized carbons (Fsp3) is 0.875. The van der Waals surface area contributed by atoms with Gasteiger partial charge in [0.2, 0.25) is 0 Å². The van der Waals surface area contributed by atoms with Gasteiger partial charge < -0.3 is 5.32 Å². The van der Waals surface area contributed by atoms with Gasteiger partial charge in [-0.15, -0.1) is 0 Å². The van der Waals surface area contributed by atoms with Gasteiger partial charge in [0.25, 0.3) is 0 Å². The summed E-state index contributed by atoms with van der Waals surface area (Å²) in [6, 6.07) is 0.788. The molecule has 0 saturated heterocycles. The lowest BCUT2D eigenvalue weighted by Gasteiger charge is -2.34. The van der Waals surface area contributed by atoms with E-state index in [1.807, 2.05) is 0 Å². The molecule has 18 heavy (non-hydrogen) atoms. The number of nitrogens with one attached hydrogen (secondary N) is 1. The van der Waals surface area contributed by atoms with E-state index < -0.39 is 0 Å². The van der Waals surface area contributed by atoms with Gasteiger partial charge in [0.05, 0.1) is 0 Å². The summed E-state index contributed by atoms with van der Waals surface area (Å²) in [6.45, 7) is 11.8. The van der Waals surface area contributed by atoms with Crippen LogP contribution in [0.5, 0.6) is 0 Å². The van der Waals surface area contributed by atoms with E-state index in [-0.39, 0.29) is 0 Å². The molecule has 0 bridgehead atoms. The van der Waals surface area contributed by atoms with Crippen LogP contribution in [-0.4, -0.2) is 37.6 Å². The van der Waals surface area contributed by atoms with Crippen LogP contribution in [0.25, 0.3) is 0 Å². The predicted octanol–water partition coefficient (Wildman–Crippen LogP) is 3.44. The fourth-order valence-electron chi connectivity index (χ4n) is 2.97. The maximum atomic E-state index is 4.19. The topological polar surface area (TPSA) is 15.3 Å². The number of hydrogen-bond acceptors (Lipinski definition) is 2. The third-order valence-electron chi connectivity index (χ3n) is 4.29. The van der Waals surface area contributed by atoms with E-state index in [2.05, 4.69) is 37.7 Å². The number of rotatable bonds is 8. The Bertz CT molecular complexity index is 229. The second-order valence-electron chi connectivity index (χ2n) is 5.92. The van der Waals surface area contributed by atoms with Crippen LogP contribution in [0, 0.1) is 5.92 Å². The predicted molar refractivity (Wildman–Crippen MR) is 81.0 cm³/mol. The van der Waals surface area contributed by atoms with Crippen molar-refractivity contribution in [3.8, 4) is 0 Å². The highest BCUT2D eigenvalue weighted by Gasteiger charge is 2.22. The largest absolute Gasteiger partial charge is 0.313 e. The molecule has 0 aromatic heterocycles. The highest BCUT2D eigenvalue weighted by molar-refractivity contribution is 5.00. The fourth-order valence-corrected chi connectivity index (χ4v) is 2.97. The second kappa shape index (κ2) is 8.71. The summed E-state index contributed by atoms with van der Waals surface area (Å²) in [7, 11) is 2.27. The van der Waals surface area contributed by atoms with Crippen LogP contribution >= 0.6 is 0 Å². The van der Waals surface area contributed by atoms with Crippen molar-refractivity contribution in [2.24, 2.45) is 5.92 Å². The lowest BCUT2D eigenvalue weighted by molar-refractivity contribution is 0.173. The third-order valence-corrected chi connectivity index (χ3v) is 4.29. The summed E-state index contributed by atoms with van der Waals surface area (Å²) in [5.41, 5.74) is 1.32. The Morgan fingerprint density at radius 1 is 1.22 bits per heavy atom. The Morgan fingerprint density at radius 2 is 1.89 bits per heavy atom. The first kappa shape index (κ1) is 15.7. The molecule has 0 amide bonds. The quantitative estimate of drug-likeness (QED) is 0.526.